The largest absolute Gasteiger partial charge is 0.416 e. The highest BCUT2D eigenvalue weighted by Crippen LogP contribution is 2.29. The van der Waals surface area contributed by atoms with E-state index in [9.17, 15) is 22.8 Å². The normalized spacial score (nSPS) is 12.1. The molecule has 1 unspecified atom stereocenters. The molecule has 0 saturated heterocycles. The average Bonchev–Trinajstić information content (AvgIpc) is 2.78. The van der Waals surface area contributed by atoms with Gasteiger partial charge >= 0.3 is 6.18 Å². The van der Waals surface area contributed by atoms with E-state index < -0.39 is 23.7 Å². The molecule has 0 aliphatic heterocycles. The molecule has 0 spiro atoms. The second-order valence-corrected chi connectivity index (χ2v) is 7.50. The van der Waals surface area contributed by atoms with Crippen LogP contribution in [-0.4, -0.2) is 11.8 Å². The van der Waals surface area contributed by atoms with Gasteiger partial charge in [0.2, 0.25) is 5.91 Å². The van der Waals surface area contributed by atoms with E-state index in [1.165, 1.54) is 12.1 Å². The highest BCUT2D eigenvalue weighted by molar-refractivity contribution is 6.33. The number of nitrogens with one attached hydrogen (secondary N) is 2. The van der Waals surface area contributed by atoms with Gasteiger partial charge in [-0.25, -0.2) is 0 Å². The Morgan fingerprint density at radius 2 is 1.50 bits per heavy atom. The highest BCUT2D eigenvalue weighted by atomic mass is 35.5. The molecule has 32 heavy (non-hydrogen) atoms. The molecule has 0 aliphatic carbocycles. The number of benzene rings is 3. The Morgan fingerprint density at radius 3 is 2.12 bits per heavy atom. The fourth-order valence-corrected chi connectivity index (χ4v) is 3.31. The highest BCUT2D eigenvalue weighted by Gasteiger charge is 2.30. The summed E-state index contributed by atoms with van der Waals surface area (Å²) in [5.74, 6) is -0.779. The fraction of sp³-hybridized carbons (Fsp3) is 0.167. The lowest BCUT2D eigenvalue weighted by Crippen LogP contribution is -2.33. The van der Waals surface area contributed by atoms with Crippen molar-refractivity contribution < 1.29 is 22.8 Å². The van der Waals surface area contributed by atoms with Crippen molar-refractivity contribution in [3.63, 3.8) is 0 Å². The third kappa shape index (κ3) is 6.34. The Kier molecular flexibility index (Phi) is 7.53. The van der Waals surface area contributed by atoms with E-state index in [1.54, 1.807) is 48.5 Å². The number of amides is 2. The van der Waals surface area contributed by atoms with Crippen molar-refractivity contribution >= 4 is 23.4 Å². The zero-order chi connectivity index (χ0) is 23.1. The zero-order valence-electron chi connectivity index (χ0n) is 16.8. The van der Waals surface area contributed by atoms with E-state index in [2.05, 4.69) is 10.6 Å². The first-order valence-electron chi connectivity index (χ1n) is 9.77. The summed E-state index contributed by atoms with van der Waals surface area (Å²) in [5, 5.41) is 5.81. The summed E-state index contributed by atoms with van der Waals surface area (Å²) in [4.78, 5) is 25.2. The van der Waals surface area contributed by atoms with Crippen molar-refractivity contribution in [2.75, 3.05) is 0 Å². The number of carbonyl (C=O) groups is 2. The Bertz CT molecular complexity index is 1070. The summed E-state index contributed by atoms with van der Waals surface area (Å²) in [6.07, 6.45) is -4.47. The SMILES string of the molecule is O=C(CC(NC(=O)c1ccccc1Cl)c1ccccc1)NCc1ccc(C(F)(F)F)cc1. The molecule has 0 aromatic heterocycles. The summed E-state index contributed by atoms with van der Waals surface area (Å²) >= 11 is 6.10. The van der Waals surface area contributed by atoms with Gasteiger partial charge in [0.1, 0.15) is 0 Å². The summed E-state index contributed by atoms with van der Waals surface area (Å²) in [6.45, 7) is 0.0664. The van der Waals surface area contributed by atoms with E-state index in [1.807, 2.05) is 6.07 Å². The van der Waals surface area contributed by atoms with Crippen molar-refractivity contribution in [3.8, 4) is 0 Å². The van der Waals surface area contributed by atoms with E-state index in [-0.39, 0.29) is 18.9 Å². The molecule has 0 aliphatic rings. The number of hydrogen-bond donors (Lipinski definition) is 2. The van der Waals surface area contributed by atoms with Crippen LogP contribution in [0.5, 0.6) is 0 Å². The van der Waals surface area contributed by atoms with Gasteiger partial charge in [-0.2, -0.15) is 13.2 Å². The molecule has 3 rings (SSSR count). The molecule has 0 heterocycles. The van der Waals surface area contributed by atoms with Crippen molar-refractivity contribution in [1.82, 2.24) is 10.6 Å². The quantitative estimate of drug-likeness (QED) is 0.486. The van der Waals surface area contributed by atoms with Gasteiger partial charge < -0.3 is 10.6 Å². The number of alkyl halides is 3. The lowest BCUT2D eigenvalue weighted by Gasteiger charge is -2.19. The number of carbonyl (C=O) groups excluding carboxylic acids is 2. The molecule has 0 saturated carbocycles. The maximum atomic E-state index is 12.7. The standard InChI is InChI=1S/C24H20ClF3N2O2/c25-20-9-5-4-8-19(20)23(32)30-21(17-6-2-1-3-7-17)14-22(31)29-15-16-10-12-18(13-11-16)24(26,27)28/h1-13,21H,14-15H2,(H,29,31)(H,30,32). The maximum Gasteiger partial charge on any atom is 0.416 e. The smallest absolute Gasteiger partial charge is 0.352 e. The average molecular weight is 461 g/mol. The lowest BCUT2D eigenvalue weighted by atomic mass is 10.0. The predicted octanol–water partition coefficient (Wildman–Crippen LogP) is 5.54. The fourth-order valence-electron chi connectivity index (χ4n) is 3.09. The zero-order valence-corrected chi connectivity index (χ0v) is 17.6. The van der Waals surface area contributed by atoms with Gasteiger partial charge in [-0.05, 0) is 35.4 Å². The molecule has 4 nitrogen and oxygen atoms in total. The minimum Gasteiger partial charge on any atom is -0.352 e. The first-order chi connectivity index (χ1) is 15.2. The molecule has 0 bridgehead atoms. The van der Waals surface area contributed by atoms with E-state index in [0.29, 0.717) is 16.1 Å². The molecule has 0 radical (unpaired) electrons. The number of rotatable bonds is 7. The second-order valence-electron chi connectivity index (χ2n) is 7.09. The van der Waals surface area contributed by atoms with Gasteiger partial charge in [0.25, 0.3) is 5.91 Å². The van der Waals surface area contributed by atoms with Crippen LogP contribution < -0.4 is 10.6 Å². The summed E-state index contributed by atoms with van der Waals surface area (Å²) < 4.78 is 38.0. The molecule has 3 aromatic rings. The summed E-state index contributed by atoms with van der Waals surface area (Å²) in [6, 6.07) is 19.5. The minimum atomic E-state index is -4.41. The lowest BCUT2D eigenvalue weighted by molar-refractivity contribution is -0.137. The molecule has 2 amide bonds. The summed E-state index contributed by atoms with van der Waals surface area (Å²) in [7, 11) is 0. The third-order valence-corrected chi connectivity index (χ3v) is 5.12. The number of hydrogen-bond acceptors (Lipinski definition) is 2. The van der Waals surface area contributed by atoms with Crippen LogP contribution >= 0.6 is 11.6 Å². The van der Waals surface area contributed by atoms with Gasteiger partial charge in [0, 0.05) is 6.54 Å². The topological polar surface area (TPSA) is 58.2 Å². The van der Waals surface area contributed by atoms with Gasteiger partial charge in [0.15, 0.2) is 0 Å². The van der Waals surface area contributed by atoms with E-state index in [0.717, 1.165) is 17.7 Å². The molecule has 166 valence electrons. The molecule has 8 heteroatoms. The first-order valence-corrected chi connectivity index (χ1v) is 10.1. The van der Waals surface area contributed by atoms with Crippen molar-refractivity contribution in [2.24, 2.45) is 0 Å². The first kappa shape index (κ1) is 23.3. The molecule has 2 N–H and O–H groups in total. The Morgan fingerprint density at radius 1 is 0.875 bits per heavy atom. The maximum absolute atomic E-state index is 12.7. The van der Waals surface area contributed by atoms with Gasteiger partial charge in [-0.15, -0.1) is 0 Å². The predicted molar refractivity (Wildman–Crippen MR) is 116 cm³/mol. The van der Waals surface area contributed by atoms with Crippen molar-refractivity contribution in [3.05, 3.63) is 106 Å². The van der Waals surface area contributed by atoms with E-state index in [4.69, 9.17) is 11.6 Å². The van der Waals surface area contributed by atoms with Crippen molar-refractivity contribution in [2.45, 2.75) is 25.2 Å². The van der Waals surface area contributed by atoms with Crippen LogP contribution in [0.25, 0.3) is 0 Å². The van der Waals surface area contributed by atoms with Crippen LogP contribution in [0.4, 0.5) is 13.2 Å². The van der Waals surface area contributed by atoms with E-state index >= 15 is 0 Å². The Hall–Kier alpha value is -3.32. The molecule has 1 atom stereocenters. The monoisotopic (exact) mass is 460 g/mol. The molecule has 3 aromatic carbocycles. The second kappa shape index (κ2) is 10.3. The van der Waals surface area contributed by atoms with Crippen LogP contribution in [0.15, 0.2) is 78.9 Å². The van der Waals surface area contributed by atoms with Gasteiger partial charge in [-0.1, -0.05) is 66.2 Å². The van der Waals surface area contributed by atoms with Crippen LogP contribution in [0, 0.1) is 0 Å². The summed E-state index contributed by atoms with van der Waals surface area (Å²) in [5.41, 5.74) is 0.805. The van der Waals surface area contributed by atoms with Crippen LogP contribution in [-0.2, 0) is 17.5 Å². The minimum absolute atomic E-state index is 0.0547. The molecular formula is C24H20ClF3N2O2. The molecule has 0 fully saturated rings. The Balaban J connectivity index is 1.66. The van der Waals surface area contributed by atoms with Crippen molar-refractivity contribution in [1.29, 1.82) is 0 Å². The van der Waals surface area contributed by atoms with Gasteiger partial charge in [-0.3, -0.25) is 9.59 Å². The third-order valence-electron chi connectivity index (χ3n) is 4.79. The Labute approximate surface area is 188 Å². The van der Waals surface area contributed by atoms with Crippen LogP contribution in [0.1, 0.15) is 39.5 Å². The van der Waals surface area contributed by atoms with Crippen LogP contribution in [0.2, 0.25) is 5.02 Å². The van der Waals surface area contributed by atoms with Crippen LogP contribution in [0.3, 0.4) is 0 Å². The molecular weight excluding hydrogens is 441 g/mol. The van der Waals surface area contributed by atoms with Gasteiger partial charge in [0.05, 0.1) is 28.6 Å². The number of halogens is 4.